The average Bonchev–Trinajstić information content (AvgIpc) is 3.27. The molecular weight excluding hydrogens is 454 g/mol. The van der Waals surface area contributed by atoms with E-state index in [-0.39, 0.29) is 11.9 Å². The topological polar surface area (TPSA) is 33.5 Å². The third kappa shape index (κ3) is 3.85. The van der Waals surface area contributed by atoms with E-state index in [1.165, 1.54) is 11.8 Å². The Morgan fingerprint density at radius 2 is 1.79 bits per heavy atom. The van der Waals surface area contributed by atoms with Gasteiger partial charge in [0.05, 0.1) is 10.9 Å². The Bertz CT molecular complexity index is 1060. The molecule has 28 heavy (non-hydrogen) atoms. The summed E-state index contributed by atoms with van der Waals surface area (Å²) in [6, 6.07) is 21.4. The second kappa shape index (κ2) is 8.07. The van der Waals surface area contributed by atoms with Gasteiger partial charge in [-0.3, -0.25) is 9.69 Å². The molecule has 3 nitrogen and oxygen atoms in total. The van der Waals surface area contributed by atoms with Crippen LogP contribution in [0.2, 0.25) is 0 Å². The molecule has 1 aliphatic heterocycles. The van der Waals surface area contributed by atoms with Crippen LogP contribution in [-0.4, -0.2) is 15.1 Å². The Morgan fingerprint density at radius 1 is 1.07 bits per heavy atom. The first kappa shape index (κ1) is 19.2. The molecule has 0 bridgehead atoms. The standard InChI is InChI=1S/C22H16BrNO2S2/c1-14(15-5-3-2-4-6-15)24-21(25)20(28-22(24)27)13-18-11-12-19(26-18)16-7-9-17(23)10-8-16/h2-14H,1H3/b20-13+/t14-/m0/s1. The van der Waals surface area contributed by atoms with E-state index in [2.05, 4.69) is 15.9 Å². The van der Waals surface area contributed by atoms with Crippen LogP contribution >= 0.6 is 39.9 Å². The molecule has 1 fully saturated rings. The molecule has 1 aromatic heterocycles. The molecule has 0 unspecified atom stereocenters. The number of rotatable bonds is 4. The molecule has 2 aromatic carbocycles. The lowest BCUT2D eigenvalue weighted by Gasteiger charge is -2.23. The zero-order valence-corrected chi connectivity index (χ0v) is 18.2. The Morgan fingerprint density at radius 3 is 2.50 bits per heavy atom. The average molecular weight is 470 g/mol. The number of amides is 1. The number of thiocarbonyl (C=S) groups is 1. The fourth-order valence-corrected chi connectivity index (χ4v) is 4.69. The van der Waals surface area contributed by atoms with Crippen molar-refractivity contribution in [3.63, 3.8) is 0 Å². The smallest absolute Gasteiger partial charge is 0.266 e. The van der Waals surface area contributed by atoms with Crippen LogP contribution in [-0.2, 0) is 4.79 Å². The first-order valence-electron chi connectivity index (χ1n) is 8.71. The van der Waals surface area contributed by atoms with E-state index in [9.17, 15) is 4.79 Å². The fourth-order valence-electron chi connectivity index (χ4n) is 3.02. The van der Waals surface area contributed by atoms with Crippen LogP contribution in [0.1, 0.15) is 24.3 Å². The third-order valence-electron chi connectivity index (χ3n) is 4.52. The van der Waals surface area contributed by atoms with Gasteiger partial charge >= 0.3 is 0 Å². The summed E-state index contributed by atoms with van der Waals surface area (Å²) in [5, 5.41) is 0. The first-order valence-corrected chi connectivity index (χ1v) is 10.7. The summed E-state index contributed by atoms with van der Waals surface area (Å²) in [7, 11) is 0. The summed E-state index contributed by atoms with van der Waals surface area (Å²) in [4.78, 5) is 15.2. The predicted molar refractivity (Wildman–Crippen MR) is 122 cm³/mol. The minimum absolute atomic E-state index is 0.0899. The minimum atomic E-state index is -0.116. The van der Waals surface area contributed by atoms with Crippen molar-refractivity contribution in [2.75, 3.05) is 0 Å². The van der Waals surface area contributed by atoms with Gasteiger partial charge in [0.25, 0.3) is 5.91 Å². The van der Waals surface area contributed by atoms with E-state index in [4.69, 9.17) is 16.6 Å². The van der Waals surface area contributed by atoms with Gasteiger partial charge < -0.3 is 4.42 Å². The van der Waals surface area contributed by atoms with Crippen LogP contribution in [0.5, 0.6) is 0 Å². The van der Waals surface area contributed by atoms with Gasteiger partial charge in [-0.2, -0.15) is 0 Å². The number of benzene rings is 2. The molecule has 140 valence electrons. The Kier molecular flexibility index (Phi) is 5.53. The van der Waals surface area contributed by atoms with Crippen molar-refractivity contribution in [1.82, 2.24) is 4.90 Å². The van der Waals surface area contributed by atoms with Crippen LogP contribution in [0, 0.1) is 0 Å². The first-order chi connectivity index (χ1) is 13.5. The predicted octanol–water partition coefficient (Wildman–Crippen LogP) is 6.67. The molecule has 0 spiro atoms. The highest BCUT2D eigenvalue weighted by Crippen LogP contribution is 2.38. The normalized spacial score (nSPS) is 16.8. The Hall–Kier alpha value is -2.15. The second-order valence-electron chi connectivity index (χ2n) is 6.35. The van der Waals surface area contributed by atoms with Crippen LogP contribution in [0.4, 0.5) is 0 Å². The molecule has 6 heteroatoms. The van der Waals surface area contributed by atoms with E-state index in [0.717, 1.165) is 21.4 Å². The number of thioether (sulfide) groups is 1. The molecule has 0 N–H and O–H groups in total. The minimum Gasteiger partial charge on any atom is -0.457 e. The molecule has 0 saturated carbocycles. The van der Waals surface area contributed by atoms with Gasteiger partial charge in [0.15, 0.2) is 0 Å². The summed E-state index contributed by atoms with van der Waals surface area (Å²) >= 11 is 10.2. The van der Waals surface area contributed by atoms with E-state index in [1.807, 2.05) is 73.7 Å². The highest BCUT2D eigenvalue weighted by Gasteiger charge is 2.36. The van der Waals surface area contributed by atoms with Crippen molar-refractivity contribution in [2.24, 2.45) is 0 Å². The van der Waals surface area contributed by atoms with Gasteiger partial charge in [0.1, 0.15) is 15.8 Å². The van der Waals surface area contributed by atoms with E-state index < -0.39 is 0 Å². The lowest BCUT2D eigenvalue weighted by atomic mass is 10.1. The Balaban J connectivity index is 1.57. The largest absolute Gasteiger partial charge is 0.457 e. The van der Waals surface area contributed by atoms with E-state index in [0.29, 0.717) is 15.0 Å². The molecule has 4 rings (SSSR count). The Labute approximate surface area is 181 Å². The maximum absolute atomic E-state index is 13.0. The van der Waals surface area contributed by atoms with Gasteiger partial charge in [-0.15, -0.1) is 0 Å². The van der Waals surface area contributed by atoms with Crippen LogP contribution < -0.4 is 0 Å². The second-order valence-corrected chi connectivity index (χ2v) is 8.94. The zero-order valence-electron chi connectivity index (χ0n) is 15.0. The van der Waals surface area contributed by atoms with Crippen molar-refractivity contribution < 1.29 is 9.21 Å². The summed E-state index contributed by atoms with van der Waals surface area (Å²) in [5.41, 5.74) is 2.03. The van der Waals surface area contributed by atoms with Crippen LogP contribution in [0.15, 0.2) is 80.5 Å². The van der Waals surface area contributed by atoms with Gasteiger partial charge in [0.2, 0.25) is 0 Å². The van der Waals surface area contributed by atoms with Crippen molar-refractivity contribution in [3.8, 4) is 11.3 Å². The number of carbonyl (C=O) groups is 1. The summed E-state index contributed by atoms with van der Waals surface area (Å²) < 4.78 is 7.49. The highest BCUT2D eigenvalue weighted by atomic mass is 79.9. The van der Waals surface area contributed by atoms with E-state index in [1.54, 1.807) is 11.0 Å². The van der Waals surface area contributed by atoms with Gasteiger partial charge in [-0.1, -0.05) is 82.4 Å². The number of hydrogen-bond acceptors (Lipinski definition) is 4. The SMILES string of the molecule is C[C@@H](c1ccccc1)N1C(=O)/C(=C\c2ccc(-c3ccc(Br)cc3)o2)SC1=S. The maximum atomic E-state index is 13.0. The molecule has 1 saturated heterocycles. The number of furan rings is 1. The highest BCUT2D eigenvalue weighted by molar-refractivity contribution is 9.10. The van der Waals surface area contributed by atoms with Crippen molar-refractivity contribution in [3.05, 3.63) is 87.4 Å². The molecule has 1 amide bonds. The van der Waals surface area contributed by atoms with Gasteiger partial charge in [-0.25, -0.2) is 0 Å². The molecule has 2 heterocycles. The van der Waals surface area contributed by atoms with Gasteiger partial charge in [0, 0.05) is 16.1 Å². The summed E-state index contributed by atoms with van der Waals surface area (Å²) in [6.07, 6.45) is 1.76. The molecule has 0 aliphatic carbocycles. The number of halogens is 1. The quantitative estimate of drug-likeness (QED) is 0.315. The van der Waals surface area contributed by atoms with Crippen molar-refractivity contribution in [2.45, 2.75) is 13.0 Å². The number of hydrogen-bond donors (Lipinski definition) is 0. The van der Waals surface area contributed by atoms with Gasteiger partial charge in [-0.05, 0) is 36.8 Å². The lowest BCUT2D eigenvalue weighted by Crippen LogP contribution is -2.30. The summed E-state index contributed by atoms with van der Waals surface area (Å²) in [6.45, 7) is 1.99. The van der Waals surface area contributed by atoms with Crippen molar-refractivity contribution >= 4 is 56.2 Å². The summed E-state index contributed by atoms with van der Waals surface area (Å²) in [5.74, 6) is 1.30. The van der Waals surface area contributed by atoms with E-state index >= 15 is 0 Å². The third-order valence-corrected chi connectivity index (χ3v) is 6.38. The molecule has 1 atom stereocenters. The fraction of sp³-hybridized carbons (Fsp3) is 0.0909. The molecular formula is C22H16BrNO2S2. The molecule has 0 radical (unpaired) electrons. The monoisotopic (exact) mass is 469 g/mol. The zero-order chi connectivity index (χ0) is 19.7. The lowest BCUT2D eigenvalue weighted by molar-refractivity contribution is -0.123. The van der Waals surface area contributed by atoms with Crippen molar-refractivity contribution in [1.29, 1.82) is 0 Å². The molecule has 3 aromatic rings. The maximum Gasteiger partial charge on any atom is 0.266 e. The number of nitrogens with zero attached hydrogens (tertiary/aromatic N) is 1. The number of carbonyl (C=O) groups excluding carboxylic acids is 1. The van der Waals surface area contributed by atoms with Crippen LogP contribution in [0.25, 0.3) is 17.4 Å². The molecule has 1 aliphatic rings. The van der Waals surface area contributed by atoms with Crippen LogP contribution in [0.3, 0.4) is 0 Å².